The summed E-state index contributed by atoms with van der Waals surface area (Å²) in [7, 11) is 0. The van der Waals surface area contributed by atoms with Crippen molar-refractivity contribution in [1.82, 2.24) is 10.6 Å². The van der Waals surface area contributed by atoms with Gasteiger partial charge in [-0.2, -0.15) is 0 Å². The molecule has 3 heteroatoms. The number of carbonyl (C=O) groups is 1. The third-order valence-electron chi connectivity index (χ3n) is 5.93. The van der Waals surface area contributed by atoms with Gasteiger partial charge >= 0.3 is 0 Å². The van der Waals surface area contributed by atoms with Crippen molar-refractivity contribution in [3.63, 3.8) is 0 Å². The fourth-order valence-electron chi connectivity index (χ4n) is 4.23. The molecule has 0 radical (unpaired) electrons. The van der Waals surface area contributed by atoms with Crippen molar-refractivity contribution < 1.29 is 4.79 Å². The Morgan fingerprint density at radius 2 is 1.89 bits per heavy atom. The summed E-state index contributed by atoms with van der Waals surface area (Å²) < 4.78 is 0. The van der Waals surface area contributed by atoms with Crippen molar-refractivity contribution in [1.29, 1.82) is 0 Å². The molecule has 1 saturated heterocycles. The van der Waals surface area contributed by atoms with Gasteiger partial charge in [-0.3, -0.25) is 4.79 Å². The zero-order chi connectivity index (χ0) is 13.5. The van der Waals surface area contributed by atoms with Crippen LogP contribution >= 0.6 is 0 Å². The number of hydrogen-bond acceptors (Lipinski definition) is 2. The molecule has 108 valence electrons. The zero-order valence-corrected chi connectivity index (χ0v) is 12.4. The molecule has 3 nitrogen and oxygen atoms in total. The summed E-state index contributed by atoms with van der Waals surface area (Å²) in [6.45, 7) is 6.81. The van der Waals surface area contributed by atoms with Crippen molar-refractivity contribution in [2.24, 2.45) is 16.7 Å². The summed E-state index contributed by atoms with van der Waals surface area (Å²) in [6.07, 6.45) is 8.52. The van der Waals surface area contributed by atoms with Gasteiger partial charge in [-0.05, 0) is 56.0 Å². The number of hydrogen-bond donors (Lipinski definition) is 2. The molecule has 1 aliphatic heterocycles. The highest BCUT2D eigenvalue weighted by Gasteiger charge is 2.58. The first-order valence-corrected chi connectivity index (χ1v) is 8.05. The Balaban J connectivity index is 1.57. The first kappa shape index (κ1) is 13.4. The molecule has 2 unspecified atom stereocenters. The van der Waals surface area contributed by atoms with E-state index < -0.39 is 0 Å². The second kappa shape index (κ2) is 4.76. The first-order valence-electron chi connectivity index (χ1n) is 8.05. The predicted molar refractivity (Wildman–Crippen MR) is 76.8 cm³/mol. The Morgan fingerprint density at radius 1 is 1.16 bits per heavy atom. The number of carbonyl (C=O) groups excluding carboxylic acids is 1. The number of amides is 1. The fourth-order valence-corrected chi connectivity index (χ4v) is 4.23. The molecule has 0 aromatic heterocycles. The topological polar surface area (TPSA) is 41.1 Å². The number of piperidine rings is 1. The van der Waals surface area contributed by atoms with Crippen molar-refractivity contribution >= 4 is 5.91 Å². The Labute approximate surface area is 116 Å². The van der Waals surface area contributed by atoms with Crippen LogP contribution in [0.3, 0.4) is 0 Å². The average Bonchev–Trinajstić information content (AvgIpc) is 3.06. The van der Waals surface area contributed by atoms with E-state index in [4.69, 9.17) is 0 Å². The maximum Gasteiger partial charge on any atom is 0.223 e. The van der Waals surface area contributed by atoms with E-state index in [1.54, 1.807) is 0 Å². The molecule has 1 heterocycles. The van der Waals surface area contributed by atoms with E-state index in [9.17, 15) is 4.79 Å². The van der Waals surface area contributed by atoms with Crippen LogP contribution in [0.25, 0.3) is 0 Å². The van der Waals surface area contributed by atoms with E-state index in [0.29, 0.717) is 23.3 Å². The van der Waals surface area contributed by atoms with Crippen LogP contribution in [-0.4, -0.2) is 25.0 Å². The molecule has 2 atom stereocenters. The molecule has 3 rings (SSSR count). The van der Waals surface area contributed by atoms with Crippen molar-refractivity contribution in [2.45, 2.75) is 64.8 Å². The Hall–Kier alpha value is -0.570. The largest absolute Gasteiger partial charge is 0.353 e. The quantitative estimate of drug-likeness (QED) is 0.804. The SMILES string of the molecule is CC1(C)CCCCC1NC(=O)C1CC12CCNCC2. The molecule has 0 aromatic carbocycles. The molecule has 2 N–H and O–H groups in total. The normalized spacial score (nSPS) is 35.9. The lowest BCUT2D eigenvalue weighted by Gasteiger charge is -2.39. The maximum atomic E-state index is 12.5. The molecular weight excluding hydrogens is 236 g/mol. The molecule has 19 heavy (non-hydrogen) atoms. The van der Waals surface area contributed by atoms with E-state index >= 15 is 0 Å². The van der Waals surface area contributed by atoms with E-state index in [1.165, 1.54) is 38.5 Å². The second-order valence-electron chi connectivity index (χ2n) is 7.66. The molecule has 3 fully saturated rings. The Bertz CT molecular complexity index is 358. The third-order valence-corrected chi connectivity index (χ3v) is 5.93. The number of nitrogens with one attached hydrogen (secondary N) is 2. The summed E-state index contributed by atoms with van der Waals surface area (Å²) in [5.41, 5.74) is 0.651. The van der Waals surface area contributed by atoms with Crippen LogP contribution in [0.5, 0.6) is 0 Å². The van der Waals surface area contributed by atoms with E-state index in [1.807, 2.05) is 0 Å². The molecule has 1 spiro atoms. The number of rotatable bonds is 2. The molecule has 2 aliphatic carbocycles. The Kier molecular flexibility index (Phi) is 3.36. The highest BCUT2D eigenvalue weighted by atomic mass is 16.2. The van der Waals surface area contributed by atoms with Gasteiger partial charge in [0.25, 0.3) is 0 Å². The van der Waals surface area contributed by atoms with Crippen molar-refractivity contribution in [3.8, 4) is 0 Å². The third kappa shape index (κ3) is 2.54. The van der Waals surface area contributed by atoms with Crippen LogP contribution in [0, 0.1) is 16.7 Å². The molecule has 3 aliphatic rings. The first-order chi connectivity index (χ1) is 9.04. The van der Waals surface area contributed by atoms with Gasteiger partial charge in [-0.25, -0.2) is 0 Å². The van der Waals surface area contributed by atoms with Gasteiger partial charge < -0.3 is 10.6 Å². The van der Waals surface area contributed by atoms with Gasteiger partial charge in [-0.15, -0.1) is 0 Å². The predicted octanol–water partition coefficient (Wildman–Crippen LogP) is 2.46. The van der Waals surface area contributed by atoms with Crippen LogP contribution in [0.4, 0.5) is 0 Å². The molecule has 1 amide bonds. The van der Waals surface area contributed by atoms with Gasteiger partial charge in [0, 0.05) is 12.0 Å². The summed E-state index contributed by atoms with van der Waals surface area (Å²) in [5, 5.41) is 6.79. The highest BCUT2D eigenvalue weighted by molar-refractivity contribution is 5.83. The summed E-state index contributed by atoms with van der Waals surface area (Å²) in [5.74, 6) is 0.661. The van der Waals surface area contributed by atoms with Crippen molar-refractivity contribution in [3.05, 3.63) is 0 Å². The van der Waals surface area contributed by atoms with Gasteiger partial charge in [-0.1, -0.05) is 26.7 Å². The van der Waals surface area contributed by atoms with Gasteiger partial charge in [0.15, 0.2) is 0 Å². The zero-order valence-electron chi connectivity index (χ0n) is 12.4. The van der Waals surface area contributed by atoms with Crippen molar-refractivity contribution in [2.75, 3.05) is 13.1 Å². The highest BCUT2D eigenvalue weighted by Crippen LogP contribution is 2.58. The summed E-state index contributed by atoms with van der Waals surface area (Å²) >= 11 is 0. The average molecular weight is 264 g/mol. The van der Waals surface area contributed by atoms with Gasteiger partial charge in [0.2, 0.25) is 5.91 Å². The standard InChI is InChI=1S/C16H28N2O/c1-15(2)6-4-3-5-13(15)18-14(19)12-11-16(12)7-9-17-10-8-16/h12-13,17H,3-11H2,1-2H3,(H,18,19). The Morgan fingerprint density at radius 3 is 2.58 bits per heavy atom. The van der Waals surface area contributed by atoms with Crippen LogP contribution in [0.2, 0.25) is 0 Å². The van der Waals surface area contributed by atoms with Crippen LogP contribution in [0.15, 0.2) is 0 Å². The smallest absolute Gasteiger partial charge is 0.223 e. The molecule has 0 bridgehead atoms. The lowest BCUT2D eigenvalue weighted by molar-refractivity contribution is -0.125. The van der Waals surface area contributed by atoms with E-state index in [0.717, 1.165) is 19.5 Å². The monoisotopic (exact) mass is 264 g/mol. The maximum absolute atomic E-state index is 12.5. The molecular formula is C16H28N2O. The lowest BCUT2D eigenvalue weighted by atomic mass is 9.73. The minimum absolute atomic E-state index is 0.282. The fraction of sp³-hybridized carbons (Fsp3) is 0.938. The van der Waals surface area contributed by atoms with Crippen LogP contribution < -0.4 is 10.6 Å². The molecule has 0 aromatic rings. The van der Waals surface area contributed by atoms with Gasteiger partial charge in [0.05, 0.1) is 0 Å². The minimum atomic E-state index is 0.282. The van der Waals surface area contributed by atoms with E-state index in [2.05, 4.69) is 24.5 Å². The summed E-state index contributed by atoms with van der Waals surface area (Å²) in [4.78, 5) is 12.5. The summed E-state index contributed by atoms with van der Waals surface area (Å²) in [6, 6.07) is 0.396. The van der Waals surface area contributed by atoms with Crippen LogP contribution in [0.1, 0.15) is 58.8 Å². The lowest BCUT2D eigenvalue weighted by Crippen LogP contribution is -2.48. The second-order valence-corrected chi connectivity index (χ2v) is 7.66. The minimum Gasteiger partial charge on any atom is -0.353 e. The van der Waals surface area contributed by atoms with E-state index in [-0.39, 0.29) is 5.41 Å². The van der Waals surface area contributed by atoms with Gasteiger partial charge in [0.1, 0.15) is 0 Å². The van der Waals surface area contributed by atoms with Crippen LogP contribution in [-0.2, 0) is 4.79 Å². The molecule has 2 saturated carbocycles.